The Morgan fingerprint density at radius 1 is 1.03 bits per heavy atom. The molecule has 198 valence electrons. The number of nitrogens with one attached hydrogen (secondary N) is 1. The number of nitrogens with zero attached hydrogens (tertiary/aromatic N) is 2. The summed E-state index contributed by atoms with van der Waals surface area (Å²) in [7, 11) is 1.21. The molecule has 2 aromatic heterocycles. The van der Waals surface area contributed by atoms with Crippen molar-refractivity contribution in [2.24, 2.45) is 0 Å². The van der Waals surface area contributed by atoms with E-state index >= 15 is 4.39 Å². The molecule has 0 aliphatic carbocycles. The summed E-state index contributed by atoms with van der Waals surface area (Å²) < 4.78 is 39.1. The average molecular weight is 560 g/mol. The number of hydrogen-bond acceptors (Lipinski definition) is 7. The summed E-state index contributed by atoms with van der Waals surface area (Å²) in [5, 5.41) is -0.0395. The highest BCUT2D eigenvalue weighted by Gasteiger charge is 2.49. The fraction of sp³-hybridized carbons (Fsp3) is 0.296. The summed E-state index contributed by atoms with van der Waals surface area (Å²) in [6.45, 7) is 0.545. The molecule has 0 amide bonds. The van der Waals surface area contributed by atoms with E-state index in [9.17, 15) is 4.79 Å². The van der Waals surface area contributed by atoms with Gasteiger partial charge in [-0.15, -0.1) is 0 Å². The van der Waals surface area contributed by atoms with E-state index in [1.165, 1.54) is 7.11 Å². The predicted octanol–water partition coefficient (Wildman–Crippen LogP) is 5.63. The molecule has 38 heavy (non-hydrogen) atoms. The number of esters is 1. The number of alkyl halides is 1. The summed E-state index contributed by atoms with van der Waals surface area (Å²) in [6.07, 6.45) is -4.65. The maximum absolute atomic E-state index is 16.1. The second-order valence-corrected chi connectivity index (χ2v) is 9.41. The molecule has 3 heterocycles. The third-order valence-corrected chi connectivity index (χ3v) is 6.70. The second kappa shape index (κ2) is 11.8. The van der Waals surface area contributed by atoms with Gasteiger partial charge in [0.1, 0.15) is 29.1 Å². The number of rotatable bonds is 9. The fourth-order valence-corrected chi connectivity index (χ4v) is 4.96. The lowest BCUT2D eigenvalue weighted by Gasteiger charge is -2.20. The van der Waals surface area contributed by atoms with E-state index < -0.39 is 30.5 Å². The van der Waals surface area contributed by atoms with Gasteiger partial charge in [0, 0.05) is 0 Å². The summed E-state index contributed by atoms with van der Waals surface area (Å²) in [5.41, 5.74) is 2.09. The number of ether oxygens (including phenoxy) is 4. The molecule has 0 bridgehead atoms. The largest absolute Gasteiger partial charge is 0.465 e. The molecule has 0 saturated carbocycles. The number of aromatic amines is 1. The number of benzene rings is 2. The number of hydrogen-bond donors (Lipinski definition) is 1. The summed E-state index contributed by atoms with van der Waals surface area (Å²) in [5.74, 6) is -0.750. The van der Waals surface area contributed by atoms with Crippen LogP contribution in [0.2, 0.25) is 10.4 Å². The van der Waals surface area contributed by atoms with Gasteiger partial charge in [-0.1, -0.05) is 72.3 Å². The third kappa shape index (κ3) is 5.52. The lowest BCUT2D eigenvalue weighted by molar-refractivity contribution is -0.0740. The molecule has 2 aromatic carbocycles. The smallest absolute Gasteiger partial charge is 0.340 e. The number of carbonyl (C=O) groups excluding carboxylic acids is 1. The van der Waals surface area contributed by atoms with Crippen LogP contribution in [0.25, 0.3) is 11.0 Å². The lowest BCUT2D eigenvalue weighted by atomic mass is 10.0. The molecule has 1 N–H and O–H groups in total. The van der Waals surface area contributed by atoms with Crippen LogP contribution in [0.1, 0.15) is 33.3 Å². The normalized spacial score (nSPS) is 21.2. The minimum atomic E-state index is -1.66. The Morgan fingerprint density at radius 2 is 1.68 bits per heavy atom. The van der Waals surface area contributed by atoms with E-state index in [2.05, 4.69) is 15.0 Å². The minimum absolute atomic E-state index is 0.0236. The number of halogens is 3. The van der Waals surface area contributed by atoms with Crippen molar-refractivity contribution in [1.82, 2.24) is 15.0 Å². The van der Waals surface area contributed by atoms with Crippen molar-refractivity contribution in [3.05, 3.63) is 93.5 Å². The highest BCUT2D eigenvalue weighted by atomic mass is 35.5. The fourth-order valence-electron chi connectivity index (χ4n) is 4.48. The Bertz CT molecular complexity index is 1410. The third-order valence-electron chi connectivity index (χ3n) is 6.25. The van der Waals surface area contributed by atoms with Crippen LogP contribution >= 0.6 is 23.2 Å². The van der Waals surface area contributed by atoms with E-state index in [-0.39, 0.29) is 45.9 Å². The topological polar surface area (TPSA) is 95.6 Å². The van der Waals surface area contributed by atoms with E-state index in [1.54, 1.807) is 0 Å². The maximum Gasteiger partial charge on any atom is 0.340 e. The monoisotopic (exact) mass is 559 g/mol. The van der Waals surface area contributed by atoms with Crippen LogP contribution in [0.4, 0.5) is 4.39 Å². The van der Waals surface area contributed by atoms with Gasteiger partial charge in [-0.3, -0.25) is 0 Å². The molecule has 1 aliphatic rings. The van der Waals surface area contributed by atoms with Crippen molar-refractivity contribution in [3.63, 3.8) is 0 Å². The van der Waals surface area contributed by atoms with Gasteiger partial charge in [0.2, 0.25) is 5.28 Å². The van der Waals surface area contributed by atoms with Gasteiger partial charge < -0.3 is 23.9 Å². The number of H-pyrrole nitrogens is 1. The van der Waals surface area contributed by atoms with Crippen molar-refractivity contribution >= 4 is 40.2 Å². The highest BCUT2D eigenvalue weighted by molar-refractivity contribution is 6.36. The molecule has 8 nitrogen and oxygen atoms in total. The Labute approximate surface area is 228 Å². The van der Waals surface area contributed by atoms with E-state index in [4.69, 9.17) is 42.1 Å². The van der Waals surface area contributed by atoms with Crippen molar-refractivity contribution in [2.75, 3.05) is 13.7 Å². The van der Waals surface area contributed by atoms with E-state index in [0.717, 1.165) is 11.1 Å². The minimum Gasteiger partial charge on any atom is -0.465 e. The molecule has 0 spiro atoms. The standard InChI is InChI=1S/C27H24Cl2FN3O5/c1-35-26(34)18-19-24(28)32-27(29)33-25(19)31-21(18)23-20(30)22(37-13-16-10-6-3-7-11-16)17(38-23)14-36-12-15-8-4-2-5-9-15/h2-11,17,20,22-23H,12-14H2,1H3,(H,31,32,33)/t17-,20-,22-,23?/m1/s1. The zero-order chi connectivity index (χ0) is 26.6. The Balaban J connectivity index is 1.45. The molecule has 1 fully saturated rings. The Hall–Kier alpha value is -3.08. The van der Waals surface area contributed by atoms with Gasteiger partial charge in [-0.25, -0.2) is 14.2 Å². The Kier molecular flexibility index (Phi) is 8.21. The highest BCUT2D eigenvalue weighted by Crippen LogP contribution is 2.42. The zero-order valence-electron chi connectivity index (χ0n) is 20.3. The number of aromatic nitrogens is 3. The number of fused-ring (bicyclic) bond motifs is 1. The zero-order valence-corrected chi connectivity index (χ0v) is 21.8. The van der Waals surface area contributed by atoms with Crippen molar-refractivity contribution in [3.8, 4) is 0 Å². The molecular weight excluding hydrogens is 536 g/mol. The molecule has 1 unspecified atom stereocenters. The summed E-state index contributed by atoms with van der Waals surface area (Å²) >= 11 is 12.2. The van der Waals surface area contributed by atoms with E-state index in [1.807, 2.05) is 60.7 Å². The SMILES string of the molecule is COC(=O)c1c(C2O[C@H](COCc3ccccc3)[C@@H](OCc3ccccc3)[C@H]2F)[nH]c2nc(Cl)nc(Cl)c12. The van der Waals surface area contributed by atoms with Crippen LogP contribution in [0, 0.1) is 0 Å². The van der Waals surface area contributed by atoms with Gasteiger partial charge in [0.15, 0.2) is 6.17 Å². The van der Waals surface area contributed by atoms with Crippen molar-refractivity contribution < 1.29 is 28.1 Å². The summed E-state index contributed by atoms with van der Waals surface area (Å²) in [4.78, 5) is 23.8. The van der Waals surface area contributed by atoms with Crippen LogP contribution in [0.15, 0.2) is 60.7 Å². The second-order valence-electron chi connectivity index (χ2n) is 8.71. The van der Waals surface area contributed by atoms with Crippen LogP contribution in [0.5, 0.6) is 0 Å². The Morgan fingerprint density at radius 3 is 2.34 bits per heavy atom. The molecule has 4 aromatic rings. The first kappa shape index (κ1) is 26.5. The lowest BCUT2D eigenvalue weighted by Crippen LogP contribution is -2.34. The molecule has 1 aliphatic heterocycles. The number of methoxy groups -OCH3 is 1. The van der Waals surface area contributed by atoms with E-state index in [0.29, 0.717) is 6.61 Å². The molecule has 1 saturated heterocycles. The first-order valence-corrected chi connectivity index (χ1v) is 12.6. The van der Waals surface area contributed by atoms with Crippen molar-refractivity contribution in [1.29, 1.82) is 0 Å². The molecular formula is C27H24Cl2FN3O5. The van der Waals surface area contributed by atoms with Gasteiger partial charge in [0.05, 0.1) is 43.6 Å². The van der Waals surface area contributed by atoms with Crippen LogP contribution < -0.4 is 0 Å². The average Bonchev–Trinajstić information content (AvgIpc) is 3.45. The molecule has 5 rings (SSSR count). The van der Waals surface area contributed by atoms with Crippen LogP contribution in [-0.2, 0) is 32.2 Å². The first-order valence-electron chi connectivity index (χ1n) is 11.9. The maximum atomic E-state index is 16.1. The van der Waals surface area contributed by atoms with Gasteiger partial charge >= 0.3 is 5.97 Å². The molecule has 4 atom stereocenters. The van der Waals surface area contributed by atoms with Gasteiger partial charge in [0.25, 0.3) is 0 Å². The van der Waals surface area contributed by atoms with Crippen LogP contribution in [0.3, 0.4) is 0 Å². The van der Waals surface area contributed by atoms with Crippen molar-refractivity contribution in [2.45, 2.75) is 37.7 Å². The first-order chi connectivity index (χ1) is 18.5. The molecule has 11 heteroatoms. The molecule has 0 radical (unpaired) electrons. The van der Waals surface area contributed by atoms with Gasteiger partial charge in [-0.05, 0) is 22.7 Å². The van der Waals surface area contributed by atoms with Crippen LogP contribution in [-0.4, -0.2) is 53.0 Å². The predicted molar refractivity (Wildman–Crippen MR) is 139 cm³/mol. The summed E-state index contributed by atoms with van der Waals surface area (Å²) in [6, 6.07) is 19.0. The quantitative estimate of drug-likeness (QED) is 0.161. The number of carbonyl (C=O) groups is 1. The van der Waals surface area contributed by atoms with Gasteiger partial charge in [-0.2, -0.15) is 4.98 Å².